The zero-order chi connectivity index (χ0) is 14.3. The van der Waals surface area contributed by atoms with Crippen molar-refractivity contribution < 1.29 is 9.90 Å². The lowest BCUT2D eigenvalue weighted by molar-refractivity contribution is 0.0692. The van der Waals surface area contributed by atoms with Crippen molar-refractivity contribution in [2.45, 2.75) is 13.8 Å². The van der Waals surface area contributed by atoms with Gasteiger partial charge in [0.15, 0.2) is 11.3 Å². The number of nitrogens with zero attached hydrogens (tertiary/aromatic N) is 3. The molecule has 0 saturated carbocycles. The molecule has 2 heterocycles. The van der Waals surface area contributed by atoms with E-state index >= 15 is 0 Å². The maximum absolute atomic E-state index is 11.1. The molecule has 0 saturated heterocycles. The number of carboxylic acid groups (broad SMARTS) is 1. The fraction of sp³-hybridized carbons (Fsp3) is 0.133. The van der Waals surface area contributed by atoms with Gasteiger partial charge in [-0.15, -0.1) is 0 Å². The van der Waals surface area contributed by atoms with Crippen LogP contribution < -0.4 is 0 Å². The van der Waals surface area contributed by atoms with Gasteiger partial charge in [-0.1, -0.05) is 12.1 Å². The predicted molar refractivity (Wildman–Crippen MR) is 74.9 cm³/mol. The topological polar surface area (TPSA) is 67.5 Å². The van der Waals surface area contributed by atoms with E-state index in [1.165, 1.54) is 17.3 Å². The first-order chi connectivity index (χ1) is 9.56. The summed E-state index contributed by atoms with van der Waals surface area (Å²) in [7, 11) is 0. The van der Waals surface area contributed by atoms with E-state index in [1.807, 2.05) is 31.3 Å². The van der Waals surface area contributed by atoms with Crippen LogP contribution in [-0.4, -0.2) is 25.4 Å². The summed E-state index contributed by atoms with van der Waals surface area (Å²) in [6, 6.07) is 6.06. The zero-order valence-corrected chi connectivity index (χ0v) is 11.2. The van der Waals surface area contributed by atoms with E-state index in [1.54, 1.807) is 10.6 Å². The summed E-state index contributed by atoms with van der Waals surface area (Å²) in [6.07, 6.45) is 4.97. The van der Waals surface area contributed by atoms with Crippen LogP contribution in [0.2, 0.25) is 0 Å². The van der Waals surface area contributed by atoms with Crippen molar-refractivity contribution in [2.75, 3.05) is 0 Å². The van der Waals surface area contributed by atoms with Crippen molar-refractivity contribution >= 4 is 11.6 Å². The number of aromatic carboxylic acids is 1. The molecule has 0 atom stereocenters. The fourth-order valence-electron chi connectivity index (χ4n) is 2.11. The predicted octanol–water partition coefficient (Wildman–Crippen LogP) is 2.71. The molecule has 0 aliphatic carbocycles. The van der Waals surface area contributed by atoms with E-state index in [4.69, 9.17) is 5.11 Å². The highest BCUT2D eigenvalue weighted by atomic mass is 16.4. The molecule has 1 N–H and O–H groups in total. The van der Waals surface area contributed by atoms with Gasteiger partial charge in [-0.3, -0.25) is 0 Å². The van der Waals surface area contributed by atoms with E-state index < -0.39 is 5.97 Å². The van der Waals surface area contributed by atoms with Crippen molar-refractivity contribution in [1.82, 2.24) is 14.4 Å². The van der Waals surface area contributed by atoms with Gasteiger partial charge in [-0.25, -0.2) is 14.8 Å². The lowest BCUT2D eigenvalue weighted by Crippen LogP contribution is -2.03. The summed E-state index contributed by atoms with van der Waals surface area (Å²) in [6.45, 7) is 4.09. The largest absolute Gasteiger partial charge is 0.476 e. The monoisotopic (exact) mass is 267 g/mol. The first-order valence-electron chi connectivity index (χ1n) is 6.21. The number of fused-ring (bicyclic) bond motifs is 1. The number of rotatable bonds is 2. The Hall–Kier alpha value is -2.69. The highest BCUT2D eigenvalue weighted by Gasteiger charge is 2.14. The van der Waals surface area contributed by atoms with Gasteiger partial charge in [0, 0.05) is 24.2 Å². The molecule has 0 radical (unpaired) electrons. The van der Waals surface area contributed by atoms with Gasteiger partial charge in [0.05, 0.1) is 5.69 Å². The molecule has 3 rings (SSSR count). The van der Waals surface area contributed by atoms with Gasteiger partial charge >= 0.3 is 5.97 Å². The van der Waals surface area contributed by atoms with Gasteiger partial charge < -0.3 is 9.51 Å². The van der Waals surface area contributed by atoms with Gasteiger partial charge in [0.25, 0.3) is 0 Å². The van der Waals surface area contributed by atoms with Crippen molar-refractivity contribution in [3.8, 4) is 11.3 Å². The lowest BCUT2D eigenvalue weighted by atomic mass is 10.1. The normalized spacial score (nSPS) is 10.9. The SMILES string of the molecule is Cc1ccc(-c2cn3ccnc(C(=O)O)c3n2)cc1C. The van der Waals surface area contributed by atoms with Crippen LogP contribution >= 0.6 is 0 Å². The quantitative estimate of drug-likeness (QED) is 0.775. The van der Waals surface area contributed by atoms with E-state index in [0.717, 1.165) is 11.3 Å². The minimum atomic E-state index is -1.08. The molecule has 0 amide bonds. The molecule has 20 heavy (non-hydrogen) atoms. The molecule has 0 aliphatic heterocycles. The maximum Gasteiger partial charge on any atom is 0.358 e. The van der Waals surface area contributed by atoms with Crippen LogP contribution in [0.1, 0.15) is 21.6 Å². The third-order valence-electron chi connectivity index (χ3n) is 3.38. The summed E-state index contributed by atoms with van der Waals surface area (Å²) in [4.78, 5) is 19.4. The summed E-state index contributed by atoms with van der Waals surface area (Å²) in [5.41, 5.74) is 4.41. The Morgan fingerprint density at radius 3 is 2.75 bits per heavy atom. The standard InChI is InChI=1S/C15H13N3O2/c1-9-3-4-11(7-10(9)2)12-8-18-6-5-16-13(15(19)20)14(18)17-12/h3-8H,1-2H3,(H,19,20). The first-order valence-corrected chi connectivity index (χ1v) is 6.21. The number of hydrogen-bond donors (Lipinski definition) is 1. The molecule has 0 unspecified atom stereocenters. The number of aromatic nitrogens is 3. The molecule has 0 bridgehead atoms. The van der Waals surface area contributed by atoms with Crippen LogP contribution in [0.25, 0.3) is 16.9 Å². The van der Waals surface area contributed by atoms with Crippen molar-refractivity contribution in [1.29, 1.82) is 0 Å². The Morgan fingerprint density at radius 1 is 1.25 bits per heavy atom. The summed E-state index contributed by atoms with van der Waals surface area (Å²) in [5, 5.41) is 9.13. The van der Waals surface area contributed by atoms with Gasteiger partial charge in [-0.2, -0.15) is 0 Å². The van der Waals surface area contributed by atoms with Crippen LogP contribution in [0.3, 0.4) is 0 Å². The average Bonchev–Trinajstić information content (AvgIpc) is 2.85. The van der Waals surface area contributed by atoms with E-state index in [2.05, 4.69) is 16.9 Å². The Bertz CT molecular complexity index is 821. The van der Waals surface area contributed by atoms with Crippen LogP contribution in [0.4, 0.5) is 0 Å². The van der Waals surface area contributed by atoms with E-state index in [-0.39, 0.29) is 5.69 Å². The Labute approximate surface area is 115 Å². The minimum absolute atomic E-state index is 0.0393. The Kier molecular flexibility index (Phi) is 2.75. The maximum atomic E-state index is 11.1. The second-order valence-corrected chi connectivity index (χ2v) is 4.74. The summed E-state index contributed by atoms with van der Waals surface area (Å²) >= 11 is 0. The van der Waals surface area contributed by atoms with Gasteiger partial charge in [-0.05, 0) is 31.0 Å². The molecule has 0 fully saturated rings. The van der Waals surface area contributed by atoms with Crippen molar-refractivity contribution in [2.24, 2.45) is 0 Å². The molecule has 1 aromatic carbocycles. The first kappa shape index (κ1) is 12.3. The van der Waals surface area contributed by atoms with Gasteiger partial charge in [0.1, 0.15) is 0 Å². The lowest BCUT2D eigenvalue weighted by Gasteiger charge is -2.01. The molecule has 100 valence electrons. The second kappa shape index (κ2) is 4.45. The fourth-order valence-corrected chi connectivity index (χ4v) is 2.11. The highest BCUT2D eigenvalue weighted by Crippen LogP contribution is 2.22. The number of carboxylic acids is 1. The molecular weight excluding hydrogens is 254 g/mol. The van der Waals surface area contributed by atoms with Crippen molar-refractivity contribution in [3.05, 3.63) is 53.6 Å². The Morgan fingerprint density at radius 2 is 2.05 bits per heavy atom. The van der Waals surface area contributed by atoms with Crippen molar-refractivity contribution in [3.63, 3.8) is 0 Å². The number of imidazole rings is 1. The molecular formula is C15H13N3O2. The molecule has 5 heteroatoms. The molecule has 0 spiro atoms. The number of aryl methyl sites for hydroxylation is 2. The van der Waals surface area contributed by atoms with Gasteiger partial charge in [0.2, 0.25) is 0 Å². The molecule has 0 aliphatic rings. The van der Waals surface area contributed by atoms with Crippen LogP contribution in [0, 0.1) is 13.8 Å². The van der Waals surface area contributed by atoms with Crippen LogP contribution in [0.5, 0.6) is 0 Å². The number of benzene rings is 1. The number of hydrogen-bond acceptors (Lipinski definition) is 3. The molecule has 5 nitrogen and oxygen atoms in total. The zero-order valence-electron chi connectivity index (χ0n) is 11.2. The van der Waals surface area contributed by atoms with E-state index in [0.29, 0.717) is 5.65 Å². The second-order valence-electron chi connectivity index (χ2n) is 4.74. The number of carbonyl (C=O) groups is 1. The van der Waals surface area contributed by atoms with Crippen LogP contribution in [0.15, 0.2) is 36.8 Å². The molecule has 3 aromatic rings. The Balaban J connectivity index is 2.20. The highest BCUT2D eigenvalue weighted by molar-refractivity contribution is 5.92. The molecule has 2 aromatic heterocycles. The minimum Gasteiger partial charge on any atom is -0.476 e. The average molecular weight is 267 g/mol. The summed E-state index contributed by atoms with van der Waals surface area (Å²) < 4.78 is 1.68. The smallest absolute Gasteiger partial charge is 0.358 e. The summed E-state index contributed by atoms with van der Waals surface area (Å²) in [5.74, 6) is -1.08. The van der Waals surface area contributed by atoms with E-state index in [9.17, 15) is 4.79 Å². The van der Waals surface area contributed by atoms with Crippen LogP contribution in [-0.2, 0) is 0 Å². The third kappa shape index (κ3) is 1.93. The third-order valence-corrected chi connectivity index (χ3v) is 3.38.